The number of rotatable bonds is 3. The van der Waals surface area contributed by atoms with E-state index in [0.29, 0.717) is 5.04 Å². The van der Waals surface area contributed by atoms with Crippen LogP contribution in [0.15, 0.2) is 0 Å². The van der Waals surface area contributed by atoms with Crippen LogP contribution >= 0.6 is 0 Å². The maximum absolute atomic E-state index is 6.07. The summed E-state index contributed by atoms with van der Waals surface area (Å²) >= 11 is -1.86. The fraction of sp³-hybridized carbons (Fsp3) is 0.846. The molecule has 0 saturated heterocycles. The molecule has 0 aliphatic rings. The third-order valence-corrected chi connectivity index (χ3v) is 10.1. The topological polar surface area (TPSA) is 9.23 Å². The predicted octanol–water partition coefficient (Wildman–Crippen LogP) is 4.28. The molecule has 94 valence electrons. The Morgan fingerprint density at radius 1 is 1.12 bits per heavy atom. The predicted molar refractivity (Wildman–Crippen MR) is 78.9 cm³/mol. The van der Waals surface area contributed by atoms with Crippen LogP contribution in [0.2, 0.25) is 33.0 Å². The second-order valence-corrected chi connectivity index (χ2v) is 25.3. The van der Waals surface area contributed by atoms with Crippen molar-refractivity contribution in [1.29, 1.82) is 0 Å². The Kier molecular flexibility index (Phi) is 6.12. The zero-order chi connectivity index (χ0) is 13.0. The van der Waals surface area contributed by atoms with Crippen LogP contribution in [-0.4, -0.2) is 33.3 Å². The van der Waals surface area contributed by atoms with Gasteiger partial charge in [-0.25, -0.2) is 0 Å². The Labute approximate surface area is 107 Å². The van der Waals surface area contributed by atoms with Crippen molar-refractivity contribution in [3.8, 4) is 9.86 Å². The van der Waals surface area contributed by atoms with Gasteiger partial charge in [-0.15, -0.1) is 0 Å². The second kappa shape index (κ2) is 5.93. The molecule has 16 heavy (non-hydrogen) atoms. The molecule has 3 heteroatoms. The van der Waals surface area contributed by atoms with E-state index in [-0.39, 0.29) is 0 Å². The van der Waals surface area contributed by atoms with Crippen molar-refractivity contribution >= 4 is 26.7 Å². The molecule has 0 aromatic rings. The van der Waals surface area contributed by atoms with Crippen molar-refractivity contribution in [2.75, 3.05) is 6.61 Å². The molecule has 0 saturated carbocycles. The van der Waals surface area contributed by atoms with Crippen molar-refractivity contribution in [2.45, 2.75) is 60.1 Å². The van der Waals surface area contributed by atoms with E-state index in [1.54, 1.807) is 0 Å². The molecule has 0 spiro atoms. The summed E-state index contributed by atoms with van der Waals surface area (Å²) in [7, 11) is -1.55. The van der Waals surface area contributed by atoms with E-state index in [9.17, 15) is 0 Å². The summed E-state index contributed by atoms with van der Waals surface area (Å²) < 4.78 is 9.51. The van der Waals surface area contributed by atoms with Crippen LogP contribution in [0.1, 0.15) is 27.2 Å². The van der Waals surface area contributed by atoms with Gasteiger partial charge in [-0.1, -0.05) is 0 Å². The van der Waals surface area contributed by atoms with Crippen molar-refractivity contribution < 1.29 is 4.43 Å². The van der Waals surface area contributed by atoms with Crippen LogP contribution in [0.3, 0.4) is 0 Å². The molecule has 0 N–H and O–H groups in total. The molecule has 0 rings (SSSR count). The maximum atomic E-state index is 6.07. The van der Waals surface area contributed by atoms with Gasteiger partial charge in [0.1, 0.15) is 0 Å². The van der Waals surface area contributed by atoms with Gasteiger partial charge in [-0.3, -0.25) is 0 Å². The van der Waals surface area contributed by atoms with E-state index in [1.807, 2.05) is 0 Å². The molecule has 0 atom stereocenters. The third-order valence-electron chi connectivity index (χ3n) is 2.96. The Hall–Kier alpha value is 0.536. The first kappa shape index (κ1) is 16.5. The van der Waals surface area contributed by atoms with Gasteiger partial charge in [0.25, 0.3) is 0 Å². The number of hydrogen-bond donors (Lipinski definition) is 0. The molecule has 0 amide bonds. The van der Waals surface area contributed by atoms with E-state index in [4.69, 9.17) is 4.43 Å². The molecule has 0 heterocycles. The molecular weight excluding hydrogens is 319 g/mol. The van der Waals surface area contributed by atoms with Crippen molar-refractivity contribution in [3.63, 3.8) is 0 Å². The van der Waals surface area contributed by atoms with Crippen LogP contribution in [0.5, 0.6) is 0 Å². The summed E-state index contributed by atoms with van der Waals surface area (Å²) in [6, 6.07) is 0. The number of hydrogen-bond acceptors (Lipinski definition) is 1. The monoisotopic (exact) mass is 348 g/mol. The Morgan fingerprint density at radius 2 is 1.62 bits per heavy atom. The first-order chi connectivity index (χ1) is 6.96. The van der Waals surface area contributed by atoms with Gasteiger partial charge in [0.2, 0.25) is 0 Å². The van der Waals surface area contributed by atoms with Gasteiger partial charge < -0.3 is 0 Å². The molecule has 0 fully saturated rings. The van der Waals surface area contributed by atoms with Crippen LogP contribution < -0.4 is 0 Å². The van der Waals surface area contributed by atoms with Gasteiger partial charge >= 0.3 is 108 Å². The molecule has 0 aliphatic heterocycles. The van der Waals surface area contributed by atoms with E-state index < -0.39 is 26.7 Å². The normalized spacial score (nSPS) is 13.2. The summed E-state index contributed by atoms with van der Waals surface area (Å²) in [6.45, 7) is 12.2. The van der Waals surface area contributed by atoms with E-state index in [1.165, 1.54) is 0 Å². The van der Waals surface area contributed by atoms with Crippen molar-refractivity contribution in [2.24, 2.45) is 0 Å². The standard InChI is InChI=1S/C10H19OSi.3CH3.Sn/c1-7-8-9-11-12(5,6)10(2,3)4;;;;/h8-9H2,2-6H3;3*1H3;. The molecule has 0 aromatic carbocycles. The van der Waals surface area contributed by atoms with Gasteiger partial charge in [-0.05, 0) is 0 Å². The van der Waals surface area contributed by atoms with Gasteiger partial charge in [0, 0.05) is 0 Å². The first-order valence-corrected chi connectivity index (χ1v) is 19.0. The van der Waals surface area contributed by atoms with E-state index in [2.05, 4.69) is 58.5 Å². The van der Waals surface area contributed by atoms with Crippen LogP contribution in [-0.2, 0) is 4.43 Å². The van der Waals surface area contributed by atoms with Gasteiger partial charge in [0.15, 0.2) is 0 Å². The molecule has 0 bridgehead atoms. The minimum absolute atomic E-state index is 0.309. The zero-order valence-electron chi connectivity index (χ0n) is 12.3. The summed E-state index contributed by atoms with van der Waals surface area (Å²) in [6.07, 6.45) is 0.903. The molecular formula is C13H28OSiSn. The van der Waals surface area contributed by atoms with E-state index >= 15 is 0 Å². The first-order valence-electron chi connectivity index (χ1n) is 6.10. The quantitative estimate of drug-likeness (QED) is 0.421. The van der Waals surface area contributed by atoms with Crippen molar-refractivity contribution in [3.05, 3.63) is 0 Å². The Bertz CT molecular complexity index is 273. The summed E-state index contributed by atoms with van der Waals surface area (Å²) in [4.78, 5) is 7.03. The van der Waals surface area contributed by atoms with Crippen LogP contribution in [0.4, 0.5) is 0 Å². The molecule has 0 aromatic heterocycles. The third kappa shape index (κ3) is 6.98. The summed E-state index contributed by atoms with van der Waals surface area (Å²) in [5.74, 6) is 3.29. The zero-order valence-corrected chi connectivity index (χ0v) is 16.2. The Morgan fingerprint density at radius 3 is 2.00 bits per heavy atom. The second-order valence-electron chi connectivity index (χ2n) is 6.91. The van der Waals surface area contributed by atoms with Gasteiger partial charge in [-0.2, -0.15) is 0 Å². The van der Waals surface area contributed by atoms with Crippen LogP contribution in [0, 0.1) is 9.86 Å². The molecule has 0 radical (unpaired) electrons. The van der Waals surface area contributed by atoms with Crippen LogP contribution in [0.25, 0.3) is 0 Å². The molecule has 0 aliphatic carbocycles. The molecule has 1 nitrogen and oxygen atoms in total. The fourth-order valence-electron chi connectivity index (χ4n) is 0.901. The average molecular weight is 347 g/mol. The molecule has 0 unspecified atom stereocenters. The SMILES string of the molecule is CC(C)(C)[Si](C)(C)OCCC#[C][Sn]([CH3])([CH3])[CH3]. The summed E-state index contributed by atoms with van der Waals surface area (Å²) in [5, 5.41) is 0.309. The minimum atomic E-state index is -1.86. The summed E-state index contributed by atoms with van der Waals surface area (Å²) in [5.41, 5.74) is 0. The fourth-order valence-corrected chi connectivity index (χ4v) is 3.82. The average Bonchev–Trinajstić information content (AvgIpc) is 1.98. The van der Waals surface area contributed by atoms with Crippen molar-refractivity contribution in [1.82, 2.24) is 0 Å². The van der Waals surface area contributed by atoms with Gasteiger partial charge in [0.05, 0.1) is 0 Å². The van der Waals surface area contributed by atoms with E-state index in [0.717, 1.165) is 13.0 Å². The Balaban J connectivity index is 4.05.